The first-order valence-corrected chi connectivity index (χ1v) is 10.9. The van der Waals surface area contributed by atoms with Gasteiger partial charge in [-0.1, -0.05) is 25.4 Å². The minimum absolute atomic E-state index is 0.0207. The van der Waals surface area contributed by atoms with E-state index in [1.54, 1.807) is 23.1 Å². The monoisotopic (exact) mass is 448 g/mol. The molecule has 0 bridgehead atoms. The number of amides is 2. The number of hydrogen-bond acceptors (Lipinski definition) is 5. The summed E-state index contributed by atoms with van der Waals surface area (Å²) in [7, 11) is 1.52. The molecule has 1 fully saturated rings. The number of hydrogen-bond donors (Lipinski definition) is 1. The van der Waals surface area contributed by atoms with Crippen molar-refractivity contribution in [3.8, 4) is 11.5 Å². The number of rotatable bonds is 8. The van der Waals surface area contributed by atoms with Gasteiger partial charge >= 0.3 is 0 Å². The van der Waals surface area contributed by atoms with Crippen LogP contribution in [-0.4, -0.2) is 49.6 Å². The smallest absolute Gasteiger partial charge is 0.257 e. The van der Waals surface area contributed by atoms with Crippen LogP contribution in [-0.2, 0) is 0 Å². The van der Waals surface area contributed by atoms with Crippen LogP contribution in [0.25, 0.3) is 0 Å². The van der Waals surface area contributed by atoms with Crippen LogP contribution in [0.3, 0.4) is 0 Å². The number of ether oxygens (including phenoxy) is 2. The highest BCUT2D eigenvalue weighted by molar-refractivity contribution is 6.32. The van der Waals surface area contributed by atoms with Gasteiger partial charge in [0.05, 0.1) is 30.6 Å². The van der Waals surface area contributed by atoms with Crippen molar-refractivity contribution >= 4 is 23.4 Å². The first-order chi connectivity index (χ1) is 14.9. The van der Waals surface area contributed by atoms with Crippen LogP contribution in [0.5, 0.6) is 11.5 Å². The van der Waals surface area contributed by atoms with Crippen LogP contribution in [0.15, 0.2) is 35.1 Å². The van der Waals surface area contributed by atoms with Crippen molar-refractivity contribution < 1.29 is 23.5 Å². The lowest BCUT2D eigenvalue weighted by atomic mass is 10.0. The number of nitrogens with one attached hydrogen (secondary N) is 1. The van der Waals surface area contributed by atoms with Crippen LogP contribution in [0, 0.1) is 5.92 Å². The van der Waals surface area contributed by atoms with E-state index in [2.05, 4.69) is 19.2 Å². The third kappa shape index (κ3) is 5.94. The molecule has 2 aromatic rings. The van der Waals surface area contributed by atoms with Crippen LogP contribution in [0.1, 0.15) is 53.8 Å². The van der Waals surface area contributed by atoms with Crippen molar-refractivity contribution in [2.45, 2.75) is 39.2 Å². The van der Waals surface area contributed by atoms with Gasteiger partial charge in [0.2, 0.25) is 0 Å². The average Bonchev–Trinajstić information content (AvgIpc) is 3.29. The van der Waals surface area contributed by atoms with Gasteiger partial charge in [0.25, 0.3) is 11.8 Å². The summed E-state index contributed by atoms with van der Waals surface area (Å²) in [5.41, 5.74) is 0.954. The van der Waals surface area contributed by atoms with Gasteiger partial charge in [0, 0.05) is 24.7 Å². The summed E-state index contributed by atoms with van der Waals surface area (Å²) < 4.78 is 16.2. The maximum absolute atomic E-state index is 12.8. The average molecular weight is 449 g/mol. The summed E-state index contributed by atoms with van der Waals surface area (Å²) in [6.45, 7) is 5.90. The number of benzene rings is 1. The van der Waals surface area contributed by atoms with Gasteiger partial charge in [-0.25, -0.2) is 0 Å². The quantitative estimate of drug-likeness (QED) is 0.647. The molecular weight excluding hydrogens is 420 g/mol. The second-order valence-corrected chi connectivity index (χ2v) is 8.48. The largest absolute Gasteiger partial charge is 0.493 e. The fraction of sp³-hybridized carbons (Fsp3) is 0.478. The number of furan rings is 1. The topological polar surface area (TPSA) is 81.0 Å². The number of carbonyl (C=O) groups excluding carboxylic acids is 2. The molecule has 168 valence electrons. The molecule has 2 heterocycles. The highest BCUT2D eigenvalue weighted by atomic mass is 35.5. The van der Waals surface area contributed by atoms with E-state index in [9.17, 15) is 9.59 Å². The number of carbonyl (C=O) groups is 2. The van der Waals surface area contributed by atoms with Crippen molar-refractivity contribution in [1.82, 2.24) is 10.2 Å². The number of methoxy groups -OCH3 is 1. The molecule has 1 N–H and O–H groups in total. The Balaban J connectivity index is 1.58. The lowest BCUT2D eigenvalue weighted by Crippen LogP contribution is -2.46. The molecule has 31 heavy (non-hydrogen) atoms. The Labute approximate surface area is 187 Å². The van der Waals surface area contributed by atoms with Crippen LogP contribution < -0.4 is 14.8 Å². The second kappa shape index (κ2) is 10.6. The Kier molecular flexibility index (Phi) is 7.85. The molecule has 1 aliphatic rings. The summed E-state index contributed by atoms with van der Waals surface area (Å²) in [6.07, 6.45) is 5.18. The van der Waals surface area contributed by atoms with Gasteiger partial charge in [0.15, 0.2) is 11.5 Å². The van der Waals surface area contributed by atoms with Gasteiger partial charge in [-0.15, -0.1) is 0 Å². The molecule has 0 aliphatic carbocycles. The van der Waals surface area contributed by atoms with Crippen LogP contribution >= 0.6 is 11.6 Å². The maximum Gasteiger partial charge on any atom is 0.257 e. The molecule has 1 aromatic carbocycles. The van der Waals surface area contributed by atoms with Crippen molar-refractivity contribution in [3.05, 3.63) is 46.9 Å². The molecule has 8 heteroatoms. The third-order valence-electron chi connectivity index (χ3n) is 5.32. The zero-order valence-electron chi connectivity index (χ0n) is 18.2. The molecule has 1 aromatic heterocycles. The van der Waals surface area contributed by atoms with Crippen LogP contribution in [0.4, 0.5) is 0 Å². The highest BCUT2D eigenvalue weighted by Gasteiger charge is 2.26. The van der Waals surface area contributed by atoms with Crippen molar-refractivity contribution in [1.29, 1.82) is 0 Å². The highest BCUT2D eigenvalue weighted by Crippen LogP contribution is 2.36. The molecule has 1 aliphatic heterocycles. The van der Waals surface area contributed by atoms with E-state index in [-0.39, 0.29) is 17.9 Å². The second-order valence-electron chi connectivity index (χ2n) is 8.07. The van der Waals surface area contributed by atoms with Crippen molar-refractivity contribution in [2.75, 3.05) is 26.8 Å². The number of nitrogens with zero attached hydrogens (tertiary/aromatic N) is 1. The summed E-state index contributed by atoms with van der Waals surface area (Å²) in [6, 6.07) is 4.88. The van der Waals surface area contributed by atoms with E-state index in [1.165, 1.54) is 19.6 Å². The summed E-state index contributed by atoms with van der Waals surface area (Å²) in [5.74, 6) is 1.11. The molecule has 0 unspecified atom stereocenters. The summed E-state index contributed by atoms with van der Waals surface area (Å²) in [4.78, 5) is 27.0. The summed E-state index contributed by atoms with van der Waals surface area (Å²) in [5, 5.41) is 3.38. The maximum atomic E-state index is 12.8. The number of piperidine rings is 1. The Morgan fingerprint density at radius 2 is 2.00 bits per heavy atom. The molecule has 2 amide bonds. The number of likely N-dealkylation sites (tertiary alicyclic amines) is 1. The minimum atomic E-state index is -0.228. The van der Waals surface area contributed by atoms with Gasteiger partial charge in [-0.05, 0) is 43.4 Å². The van der Waals surface area contributed by atoms with E-state index >= 15 is 0 Å². The van der Waals surface area contributed by atoms with Gasteiger partial charge in [-0.3, -0.25) is 9.59 Å². The molecule has 0 saturated carbocycles. The zero-order valence-corrected chi connectivity index (χ0v) is 18.9. The fourth-order valence-electron chi connectivity index (χ4n) is 3.45. The van der Waals surface area contributed by atoms with E-state index in [1.807, 2.05) is 0 Å². The Morgan fingerprint density at radius 3 is 2.61 bits per heavy atom. The van der Waals surface area contributed by atoms with Crippen LogP contribution in [0.2, 0.25) is 5.02 Å². The van der Waals surface area contributed by atoms with Gasteiger partial charge in [-0.2, -0.15) is 0 Å². The van der Waals surface area contributed by atoms with Gasteiger partial charge in [0.1, 0.15) is 6.26 Å². The molecule has 0 spiro atoms. The van der Waals surface area contributed by atoms with E-state index < -0.39 is 0 Å². The molecule has 1 saturated heterocycles. The molecule has 3 rings (SSSR count). The third-order valence-corrected chi connectivity index (χ3v) is 5.60. The van der Waals surface area contributed by atoms with Crippen molar-refractivity contribution in [2.24, 2.45) is 5.92 Å². The molecular formula is C23H29ClN2O5. The standard InChI is InChI=1S/C23H29ClN2O5/c1-15(2)6-11-31-21-19(24)12-17(13-20(21)29-3)22(27)25-18-4-8-26(9-5-18)23(28)16-7-10-30-14-16/h7,10,12-15,18H,4-6,8-9,11H2,1-3H3,(H,25,27). The van der Waals surface area contributed by atoms with Crippen molar-refractivity contribution in [3.63, 3.8) is 0 Å². The normalized spacial score (nSPS) is 14.5. The lowest BCUT2D eigenvalue weighted by Gasteiger charge is -2.32. The summed E-state index contributed by atoms with van der Waals surface area (Å²) >= 11 is 6.38. The van der Waals surface area contributed by atoms with Gasteiger partial charge < -0.3 is 24.1 Å². The SMILES string of the molecule is COc1cc(C(=O)NC2CCN(C(=O)c3ccoc3)CC2)cc(Cl)c1OCCC(C)C. The first-order valence-electron chi connectivity index (χ1n) is 10.5. The first kappa shape index (κ1) is 23.0. The molecule has 7 nitrogen and oxygen atoms in total. The zero-order chi connectivity index (χ0) is 22.4. The molecule has 0 radical (unpaired) electrons. The van der Waals surface area contributed by atoms with E-state index in [0.29, 0.717) is 66.1 Å². The minimum Gasteiger partial charge on any atom is -0.493 e. The Bertz CT molecular complexity index is 890. The molecule has 0 atom stereocenters. The predicted octanol–water partition coefficient (Wildman–Crippen LogP) is 4.40. The lowest BCUT2D eigenvalue weighted by molar-refractivity contribution is 0.0697. The number of halogens is 1. The Hall–Kier alpha value is -2.67. The van der Waals surface area contributed by atoms with E-state index in [4.69, 9.17) is 25.5 Å². The van der Waals surface area contributed by atoms with E-state index in [0.717, 1.165) is 6.42 Å². The Morgan fingerprint density at radius 1 is 1.26 bits per heavy atom. The predicted molar refractivity (Wildman–Crippen MR) is 118 cm³/mol. The fourth-order valence-corrected chi connectivity index (χ4v) is 3.72.